The number of aromatic nitrogens is 2. The van der Waals surface area contributed by atoms with Gasteiger partial charge in [0.15, 0.2) is 0 Å². The molecule has 0 N–H and O–H groups in total. The molecule has 0 amide bonds. The minimum absolute atomic E-state index is 0.533. The normalized spacial score (nSPS) is 15.7. The molecule has 1 aliphatic rings. The van der Waals surface area contributed by atoms with Crippen molar-refractivity contribution in [2.45, 2.75) is 12.7 Å². The Kier molecular flexibility index (Phi) is 7.95. The minimum Gasteiger partial charge on any atom is -0.493 e. The molecule has 0 radical (unpaired) electrons. The second-order valence-electron chi connectivity index (χ2n) is 6.82. The molecule has 6 nitrogen and oxygen atoms in total. The molecule has 0 saturated heterocycles. The molecule has 7 heteroatoms. The minimum atomic E-state index is 0.533. The summed E-state index contributed by atoms with van der Waals surface area (Å²) in [6, 6.07) is 9.81. The lowest BCUT2D eigenvalue weighted by atomic mass is 10.1. The third-order valence-electron chi connectivity index (χ3n) is 4.07. The summed E-state index contributed by atoms with van der Waals surface area (Å²) in [7, 11) is 4.05. The Hall–Kier alpha value is -2.51. The van der Waals surface area contributed by atoms with Crippen LogP contribution in [0.25, 0.3) is 5.57 Å². The molecule has 0 atom stereocenters. The van der Waals surface area contributed by atoms with E-state index in [-0.39, 0.29) is 0 Å². The molecule has 2 aromatic rings. The molecule has 1 aromatic heterocycles. The molecular weight excluding hydrogens is 386 g/mol. The highest BCUT2D eigenvalue weighted by Gasteiger charge is 2.14. The molecule has 0 spiro atoms. The van der Waals surface area contributed by atoms with E-state index < -0.39 is 0 Å². The van der Waals surface area contributed by atoms with Crippen molar-refractivity contribution in [3.8, 4) is 5.75 Å². The van der Waals surface area contributed by atoms with Crippen molar-refractivity contribution in [1.29, 1.82) is 0 Å². The molecule has 0 fully saturated rings. The van der Waals surface area contributed by atoms with Crippen molar-refractivity contribution in [2.24, 2.45) is 0 Å². The monoisotopic (exact) mass is 413 g/mol. The van der Waals surface area contributed by atoms with E-state index in [1.165, 1.54) is 0 Å². The van der Waals surface area contributed by atoms with E-state index >= 15 is 0 Å². The lowest BCUT2D eigenvalue weighted by Gasteiger charge is -2.09. The number of ether oxygens (including phenoxy) is 2. The van der Waals surface area contributed by atoms with Crippen molar-refractivity contribution >= 4 is 17.3 Å². The first kappa shape index (κ1) is 21.2. The van der Waals surface area contributed by atoms with E-state index in [4.69, 9.17) is 13.9 Å². The van der Waals surface area contributed by atoms with E-state index in [2.05, 4.69) is 21.2 Å². The zero-order chi connectivity index (χ0) is 20.5. The number of hydrogen-bond acceptors (Lipinski definition) is 7. The topological polar surface area (TPSA) is 60.6 Å². The lowest BCUT2D eigenvalue weighted by Crippen LogP contribution is -2.15. The maximum absolute atomic E-state index is 5.84. The van der Waals surface area contributed by atoms with Crippen LogP contribution in [-0.4, -0.2) is 54.7 Å². The molecule has 2 heterocycles. The molecule has 0 unspecified atom stereocenters. The largest absolute Gasteiger partial charge is 0.493 e. The summed E-state index contributed by atoms with van der Waals surface area (Å²) in [6.45, 7) is 3.97. The van der Waals surface area contributed by atoms with Gasteiger partial charge in [-0.1, -0.05) is 24.3 Å². The molecule has 1 aromatic carbocycles. The fourth-order valence-corrected chi connectivity index (χ4v) is 3.38. The van der Waals surface area contributed by atoms with Crippen LogP contribution in [0.2, 0.25) is 0 Å². The van der Waals surface area contributed by atoms with Crippen LogP contribution in [0, 0.1) is 0 Å². The van der Waals surface area contributed by atoms with Gasteiger partial charge in [0.05, 0.1) is 18.9 Å². The highest BCUT2D eigenvalue weighted by Crippen LogP contribution is 2.23. The number of benzene rings is 1. The van der Waals surface area contributed by atoms with Crippen LogP contribution in [0.1, 0.15) is 18.7 Å². The molecule has 29 heavy (non-hydrogen) atoms. The molecular formula is C22H27N3O3S. The number of likely N-dealkylation sites (N-methyl/N-ethyl adjacent to an activating group) is 1. The number of thioether (sulfide) groups is 1. The fourth-order valence-electron chi connectivity index (χ4n) is 2.74. The van der Waals surface area contributed by atoms with Crippen LogP contribution in [-0.2, 0) is 10.5 Å². The van der Waals surface area contributed by atoms with Crippen LogP contribution in [0.3, 0.4) is 0 Å². The van der Waals surface area contributed by atoms with Crippen molar-refractivity contribution in [3.63, 3.8) is 0 Å². The van der Waals surface area contributed by atoms with Gasteiger partial charge in [0, 0.05) is 11.3 Å². The average Bonchev–Trinajstić information content (AvgIpc) is 3.36. The summed E-state index contributed by atoms with van der Waals surface area (Å²) in [6.07, 6.45) is 6.09. The summed E-state index contributed by atoms with van der Waals surface area (Å²) in [5, 5.41) is 8.37. The van der Waals surface area contributed by atoms with Gasteiger partial charge >= 0.3 is 0 Å². The standard InChI is InChI=1S/C22H27N3O3S/c1-4-18(12-17-13-20(27-15-17)14-25(2)3)22-24-23-21(28-22)16-29-11-10-26-19-8-6-5-7-9-19/h4-9,12-13H,10-11,14-16H2,1-3H3/b17-12-,18-4+. The third-order valence-corrected chi connectivity index (χ3v) is 4.98. The van der Waals surface area contributed by atoms with Crippen LogP contribution in [0.15, 0.2) is 64.3 Å². The van der Waals surface area contributed by atoms with Crippen LogP contribution >= 0.6 is 11.8 Å². The zero-order valence-corrected chi connectivity index (χ0v) is 17.9. The van der Waals surface area contributed by atoms with Gasteiger partial charge in [-0.15, -0.1) is 22.0 Å². The van der Waals surface area contributed by atoms with Crippen molar-refractivity contribution in [2.75, 3.05) is 39.6 Å². The molecule has 0 saturated carbocycles. The number of rotatable bonds is 10. The Labute approximate surface area is 176 Å². The molecule has 0 aliphatic carbocycles. The van der Waals surface area contributed by atoms with Gasteiger partial charge < -0.3 is 18.8 Å². The second kappa shape index (κ2) is 10.9. The fraction of sp³-hybridized carbons (Fsp3) is 0.364. The smallest absolute Gasteiger partial charge is 0.247 e. The summed E-state index contributed by atoms with van der Waals surface area (Å²) >= 11 is 1.71. The van der Waals surface area contributed by atoms with Gasteiger partial charge in [-0.05, 0) is 50.9 Å². The highest BCUT2D eigenvalue weighted by atomic mass is 32.2. The summed E-state index contributed by atoms with van der Waals surface area (Å²) in [5.41, 5.74) is 2.00. The highest BCUT2D eigenvalue weighted by molar-refractivity contribution is 7.98. The van der Waals surface area contributed by atoms with Gasteiger partial charge in [0.25, 0.3) is 0 Å². The molecule has 3 rings (SSSR count). The maximum atomic E-state index is 5.84. The van der Waals surface area contributed by atoms with Gasteiger partial charge in [-0.25, -0.2) is 0 Å². The third kappa shape index (κ3) is 6.80. The molecule has 154 valence electrons. The van der Waals surface area contributed by atoms with Gasteiger partial charge in [-0.3, -0.25) is 0 Å². The van der Waals surface area contributed by atoms with Crippen LogP contribution in [0.5, 0.6) is 5.75 Å². The van der Waals surface area contributed by atoms with Crippen LogP contribution < -0.4 is 4.74 Å². The van der Waals surface area contributed by atoms with Crippen LogP contribution in [0.4, 0.5) is 0 Å². The van der Waals surface area contributed by atoms with Crippen molar-refractivity contribution in [1.82, 2.24) is 15.1 Å². The summed E-state index contributed by atoms with van der Waals surface area (Å²) in [5.74, 6) is 4.52. The first-order valence-corrected chi connectivity index (χ1v) is 10.7. The van der Waals surface area contributed by atoms with Gasteiger partial charge in [0.1, 0.15) is 18.1 Å². The predicted molar refractivity (Wildman–Crippen MR) is 117 cm³/mol. The number of para-hydroxylation sites is 1. The van der Waals surface area contributed by atoms with E-state index in [1.54, 1.807) is 11.8 Å². The molecule has 1 aliphatic heterocycles. The van der Waals surface area contributed by atoms with Crippen molar-refractivity contribution in [3.05, 3.63) is 71.7 Å². The molecule has 0 bridgehead atoms. The Morgan fingerprint density at radius 1 is 1.24 bits per heavy atom. The van der Waals surface area contributed by atoms with E-state index in [0.29, 0.717) is 30.7 Å². The summed E-state index contributed by atoms with van der Waals surface area (Å²) in [4.78, 5) is 2.08. The first-order chi connectivity index (χ1) is 14.1. The van der Waals surface area contributed by atoms with Crippen molar-refractivity contribution < 1.29 is 13.9 Å². The van der Waals surface area contributed by atoms with E-state index in [1.807, 2.05) is 63.5 Å². The maximum Gasteiger partial charge on any atom is 0.247 e. The first-order valence-electron chi connectivity index (χ1n) is 9.57. The van der Waals surface area contributed by atoms with E-state index in [0.717, 1.165) is 35.0 Å². The second-order valence-corrected chi connectivity index (χ2v) is 7.92. The zero-order valence-electron chi connectivity index (χ0n) is 17.1. The average molecular weight is 414 g/mol. The Bertz CT molecular complexity index is 872. The Balaban J connectivity index is 1.48. The van der Waals surface area contributed by atoms with Gasteiger partial charge in [-0.2, -0.15) is 0 Å². The van der Waals surface area contributed by atoms with E-state index in [9.17, 15) is 0 Å². The van der Waals surface area contributed by atoms with Gasteiger partial charge in [0.2, 0.25) is 11.8 Å². The quantitative estimate of drug-likeness (QED) is 0.541. The Morgan fingerprint density at radius 2 is 2.07 bits per heavy atom. The number of hydrogen-bond donors (Lipinski definition) is 0. The summed E-state index contributed by atoms with van der Waals surface area (Å²) < 4.78 is 17.2. The lowest BCUT2D eigenvalue weighted by molar-refractivity contribution is 0.228. The number of nitrogens with zero attached hydrogens (tertiary/aromatic N) is 3. The number of allylic oxidation sites excluding steroid dienone is 3. The SMILES string of the molecule is C/C=C(\C=C1\C=C(CN(C)C)OC1)c1nnc(CSCCOc2ccccc2)o1. The Morgan fingerprint density at radius 3 is 2.83 bits per heavy atom. The predicted octanol–water partition coefficient (Wildman–Crippen LogP) is 4.19.